The largest absolute Gasteiger partial charge is 0.369 e. The minimum absolute atomic E-state index is 0.0888. The molecule has 0 aliphatic carbocycles. The number of halogens is 1. The number of anilines is 1. The fourth-order valence-corrected chi connectivity index (χ4v) is 7.39. The second kappa shape index (κ2) is 13.2. The lowest BCUT2D eigenvalue weighted by molar-refractivity contribution is 0.0611. The number of aromatic nitrogens is 3. The Morgan fingerprint density at radius 1 is 0.977 bits per heavy atom. The molecule has 2 aromatic carbocycles. The summed E-state index contributed by atoms with van der Waals surface area (Å²) in [6.45, 7) is 18.1. The van der Waals surface area contributed by atoms with Gasteiger partial charge < -0.3 is 14.7 Å². The van der Waals surface area contributed by atoms with Gasteiger partial charge >= 0.3 is 0 Å². The summed E-state index contributed by atoms with van der Waals surface area (Å²) < 4.78 is 1.81. The van der Waals surface area contributed by atoms with Crippen LogP contribution < -0.4 is 4.90 Å². The van der Waals surface area contributed by atoms with Gasteiger partial charge in [0.05, 0.1) is 23.1 Å². The Bertz CT molecular complexity index is 1440. The lowest BCUT2D eigenvalue weighted by atomic mass is 9.75. The summed E-state index contributed by atoms with van der Waals surface area (Å²) in [6, 6.07) is 14.7. The summed E-state index contributed by atoms with van der Waals surface area (Å²) in [6.07, 6.45) is 6.12. The van der Waals surface area contributed by atoms with E-state index < -0.39 is 0 Å². The van der Waals surface area contributed by atoms with E-state index in [9.17, 15) is 4.79 Å². The average molecular weight is 618 g/mol. The van der Waals surface area contributed by atoms with Crippen molar-refractivity contribution >= 4 is 23.2 Å². The first kappa shape index (κ1) is 31.1. The first-order valence-electron chi connectivity index (χ1n) is 16.4. The van der Waals surface area contributed by atoms with Gasteiger partial charge in [-0.05, 0) is 80.0 Å². The molecule has 0 bridgehead atoms. The molecule has 1 amide bonds. The second-order valence-electron chi connectivity index (χ2n) is 13.9. The normalized spacial score (nSPS) is 22.0. The minimum atomic E-state index is 0.0888. The molecule has 0 N–H and O–H groups in total. The second-order valence-corrected chi connectivity index (χ2v) is 14.3. The Labute approximate surface area is 267 Å². The van der Waals surface area contributed by atoms with E-state index in [0.29, 0.717) is 17.0 Å². The van der Waals surface area contributed by atoms with Gasteiger partial charge in [-0.3, -0.25) is 9.69 Å². The van der Waals surface area contributed by atoms with E-state index in [1.165, 1.54) is 12.1 Å². The predicted octanol–water partition coefficient (Wildman–Crippen LogP) is 5.57. The van der Waals surface area contributed by atoms with Gasteiger partial charge in [-0.1, -0.05) is 49.7 Å². The molecule has 1 atom stereocenters. The van der Waals surface area contributed by atoms with E-state index in [1.54, 1.807) is 0 Å². The van der Waals surface area contributed by atoms with E-state index >= 15 is 0 Å². The standard InChI is InChI=1S/C35H48ClN7O/c1-26-8-9-32(33(22-26)43-24-29(37-38-43)11-15-39-14-10-27(2)35(3,4)25-39)34(44)42-16-12-30(13-17-42)40-18-20-41(21-19-40)31-7-5-6-28(36)23-31/h5-9,22-24,27,30H,10-21,25H2,1-4H3. The Hall–Kier alpha value is -2.94. The van der Waals surface area contributed by atoms with Gasteiger partial charge in [0.1, 0.15) is 0 Å². The Kier molecular flexibility index (Phi) is 9.31. The fourth-order valence-electron chi connectivity index (χ4n) is 7.21. The number of nitrogens with zero attached hydrogens (tertiary/aromatic N) is 7. The highest BCUT2D eigenvalue weighted by atomic mass is 35.5. The third kappa shape index (κ3) is 6.98. The summed E-state index contributed by atoms with van der Waals surface area (Å²) in [5.74, 6) is 0.838. The Balaban J connectivity index is 1.05. The average Bonchev–Trinajstić information content (AvgIpc) is 3.50. The molecule has 3 aliphatic heterocycles. The van der Waals surface area contributed by atoms with E-state index in [4.69, 9.17) is 11.6 Å². The maximum atomic E-state index is 13.9. The van der Waals surface area contributed by atoms with Crippen LogP contribution in [0.3, 0.4) is 0 Å². The van der Waals surface area contributed by atoms with Gasteiger partial charge in [0.25, 0.3) is 5.91 Å². The number of hydrogen-bond acceptors (Lipinski definition) is 6. The number of rotatable bonds is 7. The smallest absolute Gasteiger partial charge is 0.256 e. The number of carbonyl (C=O) groups is 1. The van der Waals surface area contributed by atoms with Crippen molar-refractivity contribution in [2.24, 2.45) is 11.3 Å². The molecule has 6 rings (SSSR count). The van der Waals surface area contributed by atoms with Crippen molar-refractivity contribution in [2.45, 2.75) is 59.4 Å². The molecule has 8 nitrogen and oxygen atoms in total. The first-order chi connectivity index (χ1) is 21.2. The van der Waals surface area contributed by atoms with Crippen molar-refractivity contribution < 1.29 is 4.79 Å². The van der Waals surface area contributed by atoms with Gasteiger partial charge in [0.15, 0.2) is 0 Å². The molecule has 1 unspecified atom stereocenters. The quantitative estimate of drug-likeness (QED) is 0.346. The van der Waals surface area contributed by atoms with E-state index in [0.717, 1.165) is 106 Å². The predicted molar refractivity (Wildman–Crippen MR) is 178 cm³/mol. The molecular weight excluding hydrogens is 570 g/mol. The molecule has 0 saturated carbocycles. The van der Waals surface area contributed by atoms with Crippen molar-refractivity contribution in [1.29, 1.82) is 0 Å². The van der Waals surface area contributed by atoms with Crippen LogP contribution in [0.15, 0.2) is 48.7 Å². The third-order valence-corrected chi connectivity index (χ3v) is 10.7. The molecule has 3 aromatic rings. The molecule has 9 heteroatoms. The van der Waals surface area contributed by atoms with Crippen LogP contribution in [0.2, 0.25) is 5.02 Å². The van der Waals surface area contributed by atoms with Crippen molar-refractivity contribution in [1.82, 2.24) is 29.7 Å². The van der Waals surface area contributed by atoms with Crippen LogP contribution in [0, 0.1) is 18.3 Å². The first-order valence-corrected chi connectivity index (χ1v) is 16.8. The van der Waals surface area contributed by atoms with Crippen molar-refractivity contribution in [3.63, 3.8) is 0 Å². The van der Waals surface area contributed by atoms with Crippen LogP contribution in [0.5, 0.6) is 0 Å². The van der Waals surface area contributed by atoms with Crippen molar-refractivity contribution in [2.75, 3.05) is 63.8 Å². The summed E-state index contributed by atoms with van der Waals surface area (Å²) in [5.41, 5.74) is 5.14. The Morgan fingerprint density at radius 2 is 1.75 bits per heavy atom. The number of carbonyl (C=O) groups excluding carboxylic acids is 1. The van der Waals surface area contributed by atoms with Crippen molar-refractivity contribution in [3.8, 4) is 5.69 Å². The lowest BCUT2D eigenvalue weighted by Crippen LogP contribution is -2.53. The van der Waals surface area contributed by atoms with Gasteiger partial charge in [-0.15, -0.1) is 5.10 Å². The number of likely N-dealkylation sites (tertiary alicyclic amines) is 2. The highest BCUT2D eigenvalue weighted by Crippen LogP contribution is 2.34. The monoisotopic (exact) mass is 617 g/mol. The molecule has 1 aromatic heterocycles. The molecule has 0 radical (unpaired) electrons. The van der Waals surface area contributed by atoms with Gasteiger partial charge in [0.2, 0.25) is 0 Å². The molecule has 0 spiro atoms. The van der Waals surface area contributed by atoms with Crippen LogP contribution in [-0.4, -0.2) is 101 Å². The zero-order valence-corrected chi connectivity index (χ0v) is 27.6. The molecule has 236 valence electrons. The summed E-state index contributed by atoms with van der Waals surface area (Å²) in [4.78, 5) is 23.5. The van der Waals surface area contributed by atoms with Crippen LogP contribution in [0.4, 0.5) is 5.69 Å². The number of hydrogen-bond donors (Lipinski definition) is 0. The maximum Gasteiger partial charge on any atom is 0.256 e. The summed E-state index contributed by atoms with van der Waals surface area (Å²) in [5, 5.41) is 9.78. The van der Waals surface area contributed by atoms with Crippen LogP contribution >= 0.6 is 11.6 Å². The topological polar surface area (TPSA) is 60.7 Å². The van der Waals surface area contributed by atoms with Crippen molar-refractivity contribution in [3.05, 3.63) is 70.5 Å². The molecule has 3 fully saturated rings. The number of piperazine rings is 1. The number of benzene rings is 2. The molecule has 3 aliphatic rings. The van der Waals surface area contributed by atoms with E-state index in [1.807, 2.05) is 40.0 Å². The van der Waals surface area contributed by atoms with Gasteiger partial charge in [0, 0.05) is 75.5 Å². The minimum Gasteiger partial charge on any atom is -0.369 e. The van der Waals surface area contributed by atoms with Crippen LogP contribution in [-0.2, 0) is 6.42 Å². The zero-order valence-electron chi connectivity index (χ0n) is 26.9. The highest BCUT2D eigenvalue weighted by molar-refractivity contribution is 6.30. The molecule has 4 heterocycles. The van der Waals surface area contributed by atoms with E-state index in [2.05, 4.69) is 70.9 Å². The van der Waals surface area contributed by atoms with E-state index in [-0.39, 0.29) is 5.91 Å². The molecular formula is C35H48ClN7O. The van der Waals surface area contributed by atoms with Crippen LogP contribution in [0.1, 0.15) is 61.6 Å². The van der Waals surface area contributed by atoms with Gasteiger partial charge in [-0.25, -0.2) is 4.68 Å². The lowest BCUT2D eigenvalue weighted by Gasteiger charge is -2.43. The number of aryl methyl sites for hydroxylation is 1. The molecule has 3 saturated heterocycles. The SMILES string of the molecule is Cc1ccc(C(=O)N2CCC(N3CCN(c4cccc(Cl)c4)CC3)CC2)c(-n2cc(CCN3CCC(C)C(C)(C)C3)nn2)c1. The fraction of sp³-hybridized carbons (Fsp3) is 0.571. The number of amides is 1. The van der Waals surface area contributed by atoms with Gasteiger partial charge in [-0.2, -0.15) is 0 Å². The maximum absolute atomic E-state index is 13.9. The summed E-state index contributed by atoms with van der Waals surface area (Å²) in [7, 11) is 0. The zero-order chi connectivity index (χ0) is 30.8. The summed E-state index contributed by atoms with van der Waals surface area (Å²) >= 11 is 6.22. The molecule has 44 heavy (non-hydrogen) atoms. The highest BCUT2D eigenvalue weighted by Gasteiger charge is 2.33. The number of piperidine rings is 2. The van der Waals surface area contributed by atoms with Crippen LogP contribution in [0.25, 0.3) is 5.69 Å². The third-order valence-electron chi connectivity index (χ3n) is 10.5. The Morgan fingerprint density at radius 3 is 2.48 bits per heavy atom.